The van der Waals surface area contributed by atoms with Gasteiger partial charge in [0.1, 0.15) is 0 Å². The van der Waals surface area contributed by atoms with E-state index in [1.54, 1.807) is 6.92 Å². The molecule has 5 heteroatoms. The van der Waals surface area contributed by atoms with E-state index in [0.717, 1.165) is 31.5 Å². The third-order valence-electron chi connectivity index (χ3n) is 2.83. The normalized spacial score (nSPS) is 19.7. The Hall–Kier alpha value is -1.36. The van der Waals surface area contributed by atoms with Gasteiger partial charge in [0, 0.05) is 18.5 Å². The lowest BCUT2D eigenvalue weighted by Gasteiger charge is -2.30. The molecule has 0 aromatic heterocycles. The molecule has 0 aromatic rings. The average Bonchev–Trinajstić information content (AvgIpc) is 2.16. The van der Waals surface area contributed by atoms with Crippen molar-refractivity contribution in [2.45, 2.75) is 19.8 Å². The Labute approximate surface area is 94.9 Å². The Morgan fingerprint density at radius 2 is 2.00 bits per heavy atom. The maximum atomic E-state index is 10.9. The molecule has 0 aliphatic carbocycles. The van der Waals surface area contributed by atoms with Crippen molar-refractivity contribution in [2.24, 2.45) is 11.7 Å². The van der Waals surface area contributed by atoms with Gasteiger partial charge in [-0.2, -0.15) is 0 Å². The summed E-state index contributed by atoms with van der Waals surface area (Å²) < 4.78 is 0. The number of likely N-dealkylation sites (tertiary alicyclic amines) is 1. The lowest BCUT2D eigenvalue weighted by Crippen LogP contribution is -2.39. The van der Waals surface area contributed by atoms with Gasteiger partial charge in [-0.3, -0.25) is 9.69 Å². The van der Waals surface area contributed by atoms with Crippen molar-refractivity contribution in [3.63, 3.8) is 0 Å². The van der Waals surface area contributed by atoms with E-state index in [2.05, 4.69) is 4.90 Å². The van der Waals surface area contributed by atoms with Gasteiger partial charge >= 0.3 is 5.97 Å². The fourth-order valence-corrected chi connectivity index (χ4v) is 1.98. The van der Waals surface area contributed by atoms with E-state index in [0.29, 0.717) is 6.54 Å². The largest absolute Gasteiger partial charge is 0.478 e. The maximum Gasteiger partial charge on any atom is 0.328 e. The molecule has 1 amide bonds. The van der Waals surface area contributed by atoms with Crippen LogP contribution in [0.5, 0.6) is 0 Å². The number of primary amides is 1. The third kappa shape index (κ3) is 4.02. The van der Waals surface area contributed by atoms with Crippen molar-refractivity contribution in [2.75, 3.05) is 19.6 Å². The van der Waals surface area contributed by atoms with Crippen LogP contribution in [-0.4, -0.2) is 41.5 Å². The predicted octanol–water partition coefficient (Wildman–Crippen LogP) is 0.215. The Morgan fingerprint density at radius 3 is 2.44 bits per heavy atom. The molecule has 0 aromatic carbocycles. The molecule has 1 saturated heterocycles. The van der Waals surface area contributed by atoms with Crippen molar-refractivity contribution in [3.8, 4) is 0 Å². The van der Waals surface area contributed by atoms with Gasteiger partial charge in [0.2, 0.25) is 5.91 Å². The molecular formula is C11H18N2O3. The summed E-state index contributed by atoms with van der Waals surface area (Å²) in [5.74, 6) is -1.15. The van der Waals surface area contributed by atoms with Crippen LogP contribution in [0.25, 0.3) is 0 Å². The number of piperidine rings is 1. The van der Waals surface area contributed by atoms with E-state index < -0.39 is 5.97 Å². The highest BCUT2D eigenvalue weighted by molar-refractivity contribution is 5.80. The molecule has 0 saturated carbocycles. The number of aliphatic carboxylic acids is 1. The number of nitrogens with zero attached hydrogens (tertiary/aromatic N) is 1. The van der Waals surface area contributed by atoms with E-state index in [9.17, 15) is 9.59 Å². The number of amides is 1. The Morgan fingerprint density at radius 1 is 1.44 bits per heavy atom. The van der Waals surface area contributed by atoms with Gasteiger partial charge in [-0.15, -0.1) is 0 Å². The van der Waals surface area contributed by atoms with Gasteiger partial charge in [-0.05, 0) is 32.9 Å². The monoisotopic (exact) mass is 226 g/mol. The van der Waals surface area contributed by atoms with Crippen LogP contribution in [0.3, 0.4) is 0 Å². The van der Waals surface area contributed by atoms with Crippen LogP contribution in [0.2, 0.25) is 0 Å². The first kappa shape index (κ1) is 12.7. The molecule has 1 rings (SSSR count). The fraction of sp³-hybridized carbons (Fsp3) is 0.636. The predicted molar refractivity (Wildman–Crippen MR) is 59.8 cm³/mol. The van der Waals surface area contributed by atoms with Gasteiger partial charge in [0.25, 0.3) is 0 Å². The summed E-state index contributed by atoms with van der Waals surface area (Å²) in [4.78, 5) is 23.5. The molecule has 0 unspecified atom stereocenters. The van der Waals surface area contributed by atoms with Crippen LogP contribution < -0.4 is 5.73 Å². The summed E-state index contributed by atoms with van der Waals surface area (Å²) in [6.07, 6.45) is 2.77. The Balaban J connectivity index is 2.37. The number of hydrogen-bond acceptors (Lipinski definition) is 3. The average molecular weight is 226 g/mol. The lowest BCUT2D eigenvalue weighted by atomic mass is 9.96. The summed E-state index contributed by atoms with van der Waals surface area (Å²) in [6, 6.07) is 0. The number of carbonyl (C=O) groups is 2. The quantitative estimate of drug-likeness (QED) is 0.671. The minimum absolute atomic E-state index is 0.0139. The molecule has 1 aliphatic rings. The molecular weight excluding hydrogens is 208 g/mol. The highest BCUT2D eigenvalue weighted by Gasteiger charge is 2.22. The maximum absolute atomic E-state index is 10.9. The minimum Gasteiger partial charge on any atom is -0.478 e. The second kappa shape index (κ2) is 5.65. The van der Waals surface area contributed by atoms with E-state index >= 15 is 0 Å². The number of carboxylic acid groups (broad SMARTS) is 1. The first-order valence-corrected chi connectivity index (χ1v) is 5.41. The third-order valence-corrected chi connectivity index (χ3v) is 2.83. The number of nitrogens with two attached hydrogens (primary N) is 1. The fourth-order valence-electron chi connectivity index (χ4n) is 1.98. The van der Waals surface area contributed by atoms with Crippen molar-refractivity contribution >= 4 is 11.9 Å². The molecule has 16 heavy (non-hydrogen) atoms. The van der Waals surface area contributed by atoms with Crippen LogP contribution in [0.4, 0.5) is 0 Å². The zero-order valence-electron chi connectivity index (χ0n) is 9.48. The molecule has 1 fully saturated rings. The van der Waals surface area contributed by atoms with Crippen molar-refractivity contribution < 1.29 is 14.7 Å². The van der Waals surface area contributed by atoms with Crippen molar-refractivity contribution in [1.29, 1.82) is 0 Å². The zero-order valence-corrected chi connectivity index (χ0v) is 9.48. The van der Waals surface area contributed by atoms with E-state index in [4.69, 9.17) is 10.8 Å². The highest BCUT2D eigenvalue weighted by atomic mass is 16.4. The topological polar surface area (TPSA) is 83.6 Å². The number of carboxylic acids is 1. The van der Waals surface area contributed by atoms with E-state index in [1.807, 2.05) is 0 Å². The van der Waals surface area contributed by atoms with Crippen LogP contribution in [0.15, 0.2) is 11.6 Å². The first-order valence-electron chi connectivity index (χ1n) is 5.41. The Kier molecular flexibility index (Phi) is 4.49. The number of hydrogen-bond donors (Lipinski definition) is 2. The summed E-state index contributed by atoms with van der Waals surface area (Å²) >= 11 is 0. The second-order valence-corrected chi connectivity index (χ2v) is 4.28. The molecule has 0 radical (unpaired) electrons. The number of rotatable bonds is 4. The smallest absolute Gasteiger partial charge is 0.328 e. The summed E-state index contributed by atoms with van der Waals surface area (Å²) in [6.45, 7) is 4.06. The highest BCUT2D eigenvalue weighted by Crippen LogP contribution is 2.17. The van der Waals surface area contributed by atoms with Crippen molar-refractivity contribution in [3.05, 3.63) is 11.6 Å². The SMILES string of the molecule is CC(=CC(=O)O)CN1CCC(C(N)=O)CC1. The molecule has 1 heterocycles. The summed E-state index contributed by atoms with van der Waals surface area (Å²) in [7, 11) is 0. The molecule has 0 bridgehead atoms. The van der Waals surface area contributed by atoms with E-state index in [-0.39, 0.29) is 11.8 Å². The summed E-state index contributed by atoms with van der Waals surface area (Å²) in [5, 5.41) is 8.57. The van der Waals surface area contributed by atoms with Crippen LogP contribution in [0.1, 0.15) is 19.8 Å². The van der Waals surface area contributed by atoms with Crippen LogP contribution in [-0.2, 0) is 9.59 Å². The second-order valence-electron chi connectivity index (χ2n) is 4.28. The van der Waals surface area contributed by atoms with Crippen LogP contribution >= 0.6 is 0 Å². The molecule has 0 spiro atoms. The standard InChI is InChI=1S/C11H18N2O3/c1-8(6-10(14)15)7-13-4-2-9(3-5-13)11(12)16/h6,9H,2-5,7H2,1H3,(H2,12,16)(H,14,15). The minimum atomic E-state index is -0.912. The molecule has 0 atom stereocenters. The number of carbonyl (C=O) groups excluding carboxylic acids is 1. The van der Waals surface area contributed by atoms with Crippen LogP contribution in [0, 0.1) is 5.92 Å². The van der Waals surface area contributed by atoms with E-state index in [1.165, 1.54) is 6.08 Å². The first-order chi connectivity index (χ1) is 7.49. The van der Waals surface area contributed by atoms with Gasteiger partial charge in [-0.1, -0.05) is 5.57 Å². The van der Waals surface area contributed by atoms with Gasteiger partial charge < -0.3 is 10.8 Å². The van der Waals surface area contributed by atoms with Gasteiger partial charge in [-0.25, -0.2) is 4.79 Å². The molecule has 90 valence electrons. The lowest BCUT2D eigenvalue weighted by molar-refractivity contribution is -0.131. The van der Waals surface area contributed by atoms with Gasteiger partial charge in [0.15, 0.2) is 0 Å². The molecule has 1 aliphatic heterocycles. The van der Waals surface area contributed by atoms with Gasteiger partial charge in [0.05, 0.1) is 0 Å². The molecule has 3 N–H and O–H groups in total. The van der Waals surface area contributed by atoms with Crippen molar-refractivity contribution in [1.82, 2.24) is 4.90 Å². The Bertz CT molecular complexity index is 304. The molecule has 5 nitrogen and oxygen atoms in total. The zero-order chi connectivity index (χ0) is 12.1. The summed E-state index contributed by atoms with van der Waals surface area (Å²) in [5.41, 5.74) is 6.06.